The van der Waals surface area contributed by atoms with E-state index in [0.717, 1.165) is 13.2 Å². The van der Waals surface area contributed by atoms with Crippen molar-refractivity contribution in [1.82, 2.24) is 0 Å². The monoisotopic (exact) mass is 224 g/mol. The van der Waals surface area contributed by atoms with Crippen LogP contribution in [0.1, 0.15) is 52.4 Å². The van der Waals surface area contributed by atoms with E-state index >= 15 is 0 Å². The van der Waals surface area contributed by atoms with E-state index in [9.17, 15) is 0 Å². The molecule has 2 fully saturated rings. The number of rotatable bonds is 6. The Labute approximate surface area is 99.0 Å². The largest absolute Gasteiger partial charge is 0.347 e. The molecule has 2 rings (SSSR count). The lowest BCUT2D eigenvalue weighted by atomic mass is 9.95. The highest BCUT2D eigenvalue weighted by atomic mass is 16.7. The number of hydrogen-bond acceptors (Lipinski definition) is 2. The molecule has 0 bridgehead atoms. The van der Waals surface area contributed by atoms with Gasteiger partial charge in [-0.05, 0) is 32.6 Å². The van der Waals surface area contributed by atoms with Crippen LogP contribution in [0.3, 0.4) is 0 Å². The van der Waals surface area contributed by atoms with Crippen molar-refractivity contribution in [2.75, 3.05) is 13.2 Å². The Morgan fingerprint density at radius 2 is 1.81 bits per heavy atom. The van der Waals surface area contributed by atoms with Gasteiger partial charge in [-0.1, -0.05) is 31.9 Å². The topological polar surface area (TPSA) is 18.5 Å². The lowest BCUT2D eigenvalue weighted by Crippen LogP contribution is -2.36. The van der Waals surface area contributed by atoms with Gasteiger partial charge < -0.3 is 9.47 Å². The minimum Gasteiger partial charge on any atom is -0.347 e. The van der Waals surface area contributed by atoms with E-state index in [0.29, 0.717) is 0 Å². The highest BCUT2D eigenvalue weighted by molar-refractivity contribution is 5.16. The molecule has 1 saturated heterocycles. The quantitative estimate of drug-likeness (QED) is 0.506. The molecule has 0 N–H and O–H groups in total. The third-order valence-electron chi connectivity index (χ3n) is 3.94. The molecule has 0 amide bonds. The van der Waals surface area contributed by atoms with Gasteiger partial charge in [-0.3, -0.25) is 0 Å². The van der Waals surface area contributed by atoms with Gasteiger partial charge in [0.1, 0.15) is 0 Å². The van der Waals surface area contributed by atoms with Crippen molar-refractivity contribution >= 4 is 0 Å². The molecule has 2 aliphatic rings. The van der Waals surface area contributed by atoms with E-state index in [2.05, 4.69) is 26.0 Å². The summed E-state index contributed by atoms with van der Waals surface area (Å²) in [5, 5.41) is 0. The van der Waals surface area contributed by atoms with Crippen LogP contribution in [0.15, 0.2) is 12.2 Å². The molecule has 0 aromatic carbocycles. The number of hydrogen-bond donors (Lipinski definition) is 0. The Morgan fingerprint density at radius 1 is 1.12 bits per heavy atom. The average Bonchev–Trinajstić information content (AvgIpc) is 2.95. The van der Waals surface area contributed by atoms with Crippen LogP contribution in [0.25, 0.3) is 0 Å². The van der Waals surface area contributed by atoms with Crippen molar-refractivity contribution in [2.45, 2.75) is 58.2 Å². The molecule has 0 spiro atoms. The van der Waals surface area contributed by atoms with Crippen LogP contribution in [0, 0.1) is 5.41 Å². The molecule has 2 nitrogen and oxygen atoms in total. The fourth-order valence-electron chi connectivity index (χ4n) is 2.53. The van der Waals surface area contributed by atoms with E-state index in [1.54, 1.807) is 0 Å². The summed E-state index contributed by atoms with van der Waals surface area (Å²) in [5.74, 6) is -0.339. The summed E-state index contributed by atoms with van der Waals surface area (Å²) in [4.78, 5) is 0. The summed E-state index contributed by atoms with van der Waals surface area (Å²) < 4.78 is 11.5. The lowest BCUT2D eigenvalue weighted by Gasteiger charge is -2.30. The van der Waals surface area contributed by atoms with Crippen molar-refractivity contribution in [3.8, 4) is 0 Å². The Balaban J connectivity index is 1.83. The summed E-state index contributed by atoms with van der Waals surface area (Å²) in [6, 6.07) is 0. The summed E-state index contributed by atoms with van der Waals surface area (Å²) in [6.07, 6.45) is 12.3. The van der Waals surface area contributed by atoms with Gasteiger partial charge >= 0.3 is 0 Å². The number of allylic oxidation sites excluding steroid dienone is 1. The maximum Gasteiger partial charge on any atom is 0.174 e. The molecule has 0 unspecified atom stereocenters. The Morgan fingerprint density at radius 3 is 2.38 bits per heavy atom. The van der Waals surface area contributed by atoms with Crippen molar-refractivity contribution in [3.63, 3.8) is 0 Å². The molecule has 1 saturated carbocycles. The smallest absolute Gasteiger partial charge is 0.174 e. The predicted molar refractivity (Wildman–Crippen MR) is 65.3 cm³/mol. The standard InChI is InChI=1S/C14H24O2/c1-3-4-5-6-7-8-14(9-10-14)13(2)15-11-12-16-13/h7-8H,3-6,9-12H2,1-2H3. The lowest BCUT2D eigenvalue weighted by molar-refractivity contribution is -0.179. The molecular formula is C14H24O2. The summed E-state index contributed by atoms with van der Waals surface area (Å²) >= 11 is 0. The first-order valence-corrected chi connectivity index (χ1v) is 6.68. The van der Waals surface area contributed by atoms with Gasteiger partial charge in [0.05, 0.1) is 13.2 Å². The molecular weight excluding hydrogens is 200 g/mol. The first kappa shape index (κ1) is 12.1. The maximum atomic E-state index is 5.77. The summed E-state index contributed by atoms with van der Waals surface area (Å²) in [6.45, 7) is 5.85. The summed E-state index contributed by atoms with van der Waals surface area (Å²) in [7, 11) is 0. The van der Waals surface area contributed by atoms with Crippen molar-refractivity contribution in [1.29, 1.82) is 0 Å². The van der Waals surface area contributed by atoms with Crippen LogP contribution in [-0.2, 0) is 9.47 Å². The molecule has 0 atom stereocenters. The average molecular weight is 224 g/mol. The van der Waals surface area contributed by atoms with E-state index in [1.807, 2.05) is 0 Å². The zero-order chi connectivity index (χ0) is 11.5. The highest BCUT2D eigenvalue weighted by Gasteiger charge is 2.58. The fourth-order valence-corrected chi connectivity index (χ4v) is 2.53. The predicted octanol–water partition coefficient (Wildman–Crippen LogP) is 3.67. The first-order valence-electron chi connectivity index (χ1n) is 6.68. The van der Waals surface area contributed by atoms with Crippen LogP contribution in [0.4, 0.5) is 0 Å². The van der Waals surface area contributed by atoms with E-state index in [-0.39, 0.29) is 11.2 Å². The zero-order valence-corrected chi connectivity index (χ0v) is 10.6. The van der Waals surface area contributed by atoms with Gasteiger partial charge in [0.15, 0.2) is 5.79 Å². The maximum absolute atomic E-state index is 5.77. The molecule has 1 aliphatic carbocycles. The van der Waals surface area contributed by atoms with Gasteiger partial charge in [-0.2, -0.15) is 0 Å². The second kappa shape index (κ2) is 4.89. The first-order chi connectivity index (χ1) is 7.72. The SMILES string of the molecule is CCCCCC=CC1(C2(C)OCCO2)CC1. The third kappa shape index (κ3) is 2.33. The molecule has 0 aromatic rings. The Kier molecular flexibility index (Phi) is 3.70. The second-order valence-electron chi connectivity index (χ2n) is 5.20. The van der Waals surface area contributed by atoms with Crippen molar-refractivity contribution < 1.29 is 9.47 Å². The highest BCUT2D eigenvalue weighted by Crippen LogP contribution is 2.58. The normalized spacial score (nSPS) is 26.4. The molecule has 16 heavy (non-hydrogen) atoms. The minimum absolute atomic E-state index is 0.190. The molecule has 1 heterocycles. The molecule has 0 aromatic heterocycles. The zero-order valence-electron chi connectivity index (χ0n) is 10.6. The van der Waals surface area contributed by atoms with Crippen LogP contribution >= 0.6 is 0 Å². The van der Waals surface area contributed by atoms with E-state index in [4.69, 9.17) is 9.47 Å². The van der Waals surface area contributed by atoms with Crippen molar-refractivity contribution in [3.05, 3.63) is 12.2 Å². The molecule has 92 valence electrons. The number of ether oxygens (including phenoxy) is 2. The van der Waals surface area contributed by atoms with Crippen LogP contribution in [-0.4, -0.2) is 19.0 Å². The van der Waals surface area contributed by atoms with Gasteiger partial charge in [-0.25, -0.2) is 0 Å². The summed E-state index contributed by atoms with van der Waals surface area (Å²) in [5.41, 5.74) is 0.190. The van der Waals surface area contributed by atoms with Crippen molar-refractivity contribution in [2.24, 2.45) is 5.41 Å². The third-order valence-corrected chi connectivity index (χ3v) is 3.94. The van der Waals surface area contributed by atoms with Gasteiger partial charge in [0.25, 0.3) is 0 Å². The molecule has 0 radical (unpaired) electrons. The second-order valence-corrected chi connectivity index (χ2v) is 5.20. The fraction of sp³-hybridized carbons (Fsp3) is 0.857. The van der Waals surface area contributed by atoms with Crippen LogP contribution in [0.2, 0.25) is 0 Å². The van der Waals surface area contributed by atoms with Gasteiger partial charge in [-0.15, -0.1) is 0 Å². The van der Waals surface area contributed by atoms with Crippen LogP contribution in [0.5, 0.6) is 0 Å². The van der Waals surface area contributed by atoms with Gasteiger partial charge in [0.2, 0.25) is 0 Å². The Hall–Kier alpha value is -0.340. The van der Waals surface area contributed by atoms with E-state index < -0.39 is 0 Å². The Bertz CT molecular complexity index is 247. The molecule has 1 aliphatic heterocycles. The van der Waals surface area contributed by atoms with Gasteiger partial charge in [0, 0.05) is 5.41 Å². The van der Waals surface area contributed by atoms with Crippen LogP contribution < -0.4 is 0 Å². The number of unbranched alkanes of at least 4 members (excludes halogenated alkanes) is 3. The van der Waals surface area contributed by atoms with E-state index in [1.165, 1.54) is 38.5 Å². The molecule has 2 heteroatoms. The minimum atomic E-state index is -0.339.